The van der Waals surface area contributed by atoms with Gasteiger partial charge in [0.15, 0.2) is 0 Å². The number of rotatable bonds is 5. The van der Waals surface area contributed by atoms with E-state index in [1.165, 1.54) is 10.5 Å². The second-order valence-electron chi connectivity index (χ2n) is 6.48. The van der Waals surface area contributed by atoms with Crippen molar-refractivity contribution in [3.63, 3.8) is 0 Å². The van der Waals surface area contributed by atoms with E-state index in [1.807, 2.05) is 29.2 Å². The van der Waals surface area contributed by atoms with E-state index in [0.29, 0.717) is 12.2 Å². The highest BCUT2D eigenvalue weighted by Gasteiger charge is 2.21. The number of aromatic amines is 1. The van der Waals surface area contributed by atoms with Crippen LogP contribution in [0.1, 0.15) is 28.2 Å². The van der Waals surface area contributed by atoms with E-state index in [0.717, 1.165) is 30.8 Å². The zero-order valence-electron chi connectivity index (χ0n) is 14.7. The van der Waals surface area contributed by atoms with Crippen LogP contribution < -0.4 is 10.2 Å². The fourth-order valence-corrected chi connectivity index (χ4v) is 3.10. The largest absolute Gasteiger partial charge is 0.353 e. The first-order chi connectivity index (χ1) is 12.1. The van der Waals surface area contributed by atoms with Gasteiger partial charge in [-0.1, -0.05) is 18.2 Å². The summed E-state index contributed by atoms with van der Waals surface area (Å²) in [6, 6.07) is 11.7. The van der Waals surface area contributed by atoms with Gasteiger partial charge < -0.3 is 20.1 Å². The molecule has 1 aromatic carbocycles. The number of hydrogen-bond acceptors (Lipinski definition) is 3. The second-order valence-corrected chi connectivity index (χ2v) is 6.48. The van der Waals surface area contributed by atoms with Crippen LogP contribution in [0.4, 0.5) is 5.69 Å². The Balaban J connectivity index is 1.55. The minimum Gasteiger partial charge on any atom is -0.353 e. The lowest BCUT2D eigenvalue weighted by atomic mass is 10.0. The lowest BCUT2D eigenvalue weighted by molar-refractivity contribution is -0.117. The highest BCUT2D eigenvalue weighted by Crippen LogP contribution is 2.26. The number of anilines is 1. The molecule has 0 unspecified atom stereocenters. The molecule has 0 atom stereocenters. The summed E-state index contributed by atoms with van der Waals surface area (Å²) < 4.78 is 0. The maximum Gasteiger partial charge on any atom is 0.269 e. The van der Waals surface area contributed by atoms with Crippen LogP contribution in [0.25, 0.3) is 0 Å². The van der Waals surface area contributed by atoms with Crippen molar-refractivity contribution in [3.8, 4) is 0 Å². The number of para-hydroxylation sites is 1. The number of hydrogen-bond donors (Lipinski definition) is 2. The SMILES string of the molecule is CN(C)C(=O)c1ccc(CNCC(=O)N2CCCc3ccccc32)[nH]1. The monoisotopic (exact) mass is 340 g/mol. The molecule has 1 aliphatic heterocycles. The molecule has 0 radical (unpaired) electrons. The molecular formula is C19H24N4O2. The van der Waals surface area contributed by atoms with E-state index in [9.17, 15) is 9.59 Å². The minimum absolute atomic E-state index is 0.0627. The van der Waals surface area contributed by atoms with Crippen LogP contribution in [0, 0.1) is 0 Å². The van der Waals surface area contributed by atoms with Crippen LogP contribution in [0.2, 0.25) is 0 Å². The average molecular weight is 340 g/mol. The molecule has 132 valence electrons. The first-order valence-corrected chi connectivity index (χ1v) is 8.55. The molecule has 0 bridgehead atoms. The van der Waals surface area contributed by atoms with E-state index >= 15 is 0 Å². The minimum atomic E-state index is -0.0627. The summed E-state index contributed by atoms with van der Waals surface area (Å²) in [4.78, 5) is 30.9. The highest BCUT2D eigenvalue weighted by atomic mass is 16.2. The summed E-state index contributed by atoms with van der Waals surface area (Å²) in [6.07, 6.45) is 2.02. The van der Waals surface area contributed by atoms with E-state index in [2.05, 4.69) is 16.4 Å². The Morgan fingerprint density at radius 3 is 2.80 bits per heavy atom. The average Bonchev–Trinajstić information content (AvgIpc) is 3.09. The molecule has 0 saturated carbocycles. The number of benzene rings is 1. The van der Waals surface area contributed by atoms with Crippen molar-refractivity contribution in [1.29, 1.82) is 0 Å². The molecule has 0 saturated heterocycles. The number of aryl methyl sites for hydroxylation is 1. The van der Waals surface area contributed by atoms with Gasteiger partial charge in [0.1, 0.15) is 5.69 Å². The lowest BCUT2D eigenvalue weighted by Crippen LogP contribution is -2.41. The van der Waals surface area contributed by atoms with Crippen molar-refractivity contribution in [2.45, 2.75) is 19.4 Å². The van der Waals surface area contributed by atoms with Crippen molar-refractivity contribution >= 4 is 17.5 Å². The van der Waals surface area contributed by atoms with Gasteiger partial charge in [-0.3, -0.25) is 9.59 Å². The first kappa shape index (κ1) is 17.2. The van der Waals surface area contributed by atoms with Crippen LogP contribution in [-0.2, 0) is 17.8 Å². The van der Waals surface area contributed by atoms with Gasteiger partial charge in [-0.25, -0.2) is 0 Å². The van der Waals surface area contributed by atoms with Gasteiger partial charge >= 0.3 is 0 Å². The van der Waals surface area contributed by atoms with Crippen molar-refractivity contribution in [3.05, 3.63) is 53.3 Å². The van der Waals surface area contributed by atoms with Gasteiger partial charge in [0.2, 0.25) is 5.91 Å². The zero-order valence-corrected chi connectivity index (χ0v) is 14.7. The molecular weight excluding hydrogens is 316 g/mol. The van der Waals surface area contributed by atoms with E-state index in [1.54, 1.807) is 20.2 Å². The molecule has 6 nitrogen and oxygen atoms in total. The van der Waals surface area contributed by atoms with E-state index < -0.39 is 0 Å². The van der Waals surface area contributed by atoms with Gasteiger partial charge in [0, 0.05) is 38.6 Å². The Morgan fingerprint density at radius 1 is 1.20 bits per heavy atom. The fourth-order valence-electron chi connectivity index (χ4n) is 3.10. The fraction of sp³-hybridized carbons (Fsp3) is 0.368. The molecule has 1 aromatic heterocycles. The van der Waals surface area contributed by atoms with Gasteiger partial charge in [-0.15, -0.1) is 0 Å². The number of fused-ring (bicyclic) bond motifs is 1. The summed E-state index contributed by atoms with van der Waals surface area (Å²) in [6.45, 7) is 1.55. The number of nitrogens with zero attached hydrogens (tertiary/aromatic N) is 2. The van der Waals surface area contributed by atoms with Gasteiger partial charge in [0.05, 0.1) is 6.54 Å². The summed E-state index contributed by atoms with van der Waals surface area (Å²) in [5, 5.41) is 3.16. The van der Waals surface area contributed by atoms with Crippen LogP contribution in [-0.4, -0.2) is 48.9 Å². The predicted molar refractivity (Wildman–Crippen MR) is 97.6 cm³/mol. The van der Waals surface area contributed by atoms with E-state index in [-0.39, 0.29) is 18.4 Å². The van der Waals surface area contributed by atoms with Crippen molar-refractivity contribution in [2.75, 3.05) is 32.1 Å². The van der Waals surface area contributed by atoms with Crippen molar-refractivity contribution in [2.24, 2.45) is 0 Å². The first-order valence-electron chi connectivity index (χ1n) is 8.55. The molecule has 2 heterocycles. The number of carbonyl (C=O) groups is 2. The molecule has 2 aromatic rings. The topological polar surface area (TPSA) is 68.4 Å². The normalized spacial score (nSPS) is 13.4. The molecule has 2 amide bonds. The molecule has 2 N–H and O–H groups in total. The number of nitrogens with one attached hydrogen (secondary N) is 2. The quantitative estimate of drug-likeness (QED) is 0.872. The van der Waals surface area contributed by atoms with Gasteiger partial charge in [-0.05, 0) is 36.6 Å². The summed E-state index contributed by atoms with van der Waals surface area (Å²) in [5.41, 5.74) is 3.70. The molecule has 0 fully saturated rings. The molecule has 3 rings (SSSR count). The summed E-state index contributed by atoms with van der Waals surface area (Å²) >= 11 is 0. The van der Waals surface area contributed by atoms with Gasteiger partial charge in [0.25, 0.3) is 5.91 Å². The van der Waals surface area contributed by atoms with E-state index in [4.69, 9.17) is 0 Å². The zero-order chi connectivity index (χ0) is 17.8. The van der Waals surface area contributed by atoms with Crippen LogP contribution in [0.5, 0.6) is 0 Å². The number of carbonyl (C=O) groups excluding carboxylic acids is 2. The van der Waals surface area contributed by atoms with Crippen LogP contribution in [0.3, 0.4) is 0 Å². The Bertz CT molecular complexity index is 766. The predicted octanol–water partition coefficient (Wildman–Crippen LogP) is 1.79. The molecule has 0 spiro atoms. The molecule has 25 heavy (non-hydrogen) atoms. The Hall–Kier alpha value is -2.60. The summed E-state index contributed by atoms with van der Waals surface area (Å²) in [7, 11) is 3.44. The standard InChI is InChI=1S/C19H24N4O2/c1-22(2)19(25)16-10-9-15(21-16)12-20-13-18(24)23-11-5-7-14-6-3-4-8-17(14)23/h3-4,6,8-10,20-21H,5,7,11-13H2,1-2H3. The second kappa shape index (κ2) is 7.53. The maximum absolute atomic E-state index is 12.5. The Kier molecular flexibility index (Phi) is 5.19. The third kappa shape index (κ3) is 3.91. The molecule has 1 aliphatic rings. The summed E-state index contributed by atoms with van der Waals surface area (Å²) in [5.74, 6) is 0.00977. The van der Waals surface area contributed by atoms with Crippen LogP contribution in [0.15, 0.2) is 36.4 Å². The maximum atomic E-state index is 12.5. The third-order valence-electron chi connectivity index (χ3n) is 4.39. The molecule has 0 aliphatic carbocycles. The smallest absolute Gasteiger partial charge is 0.269 e. The van der Waals surface area contributed by atoms with Crippen LogP contribution >= 0.6 is 0 Å². The number of amides is 2. The van der Waals surface area contributed by atoms with Gasteiger partial charge in [-0.2, -0.15) is 0 Å². The Labute approximate surface area is 147 Å². The lowest BCUT2D eigenvalue weighted by Gasteiger charge is -2.29. The third-order valence-corrected chi connectivity index (χ3v) is 4.39. The number of H-pyrrole nitrogens is 1. The van der Waals surface area contributed by atoms with Crippen molar-refractivity contribution < 1.29 is 9.59 Å². The highest BCUT2D eigenvalue weighted by molar-refractivity contribution is 5.96. The van der Waals surface area contributed by atoms with Crippen molar-refractivity contribution in [1.82, 2.24) is 15.2 Å². The molecule has 6 heteroatoms. The Morgan fingerprint density at radius 2 is 2.00 bits per heavy atom. The number of aromatic nitrogens is 1.